The van der Waals surface area contributed by atoms with E-state index in [0.29, 0.717) is 6.54 Å². The zero-order valence-corrected chi connectivity index (χ0v) is 20.8. The van der Waals surface area contributed by atoms with Gasteiger partial charge < -0.3 is 20.1 Å². The average molecular weight is 525 g/mol. The van der Waals surface area contributed by atoms with Crippen LogP contribution in [0.5, 0.6) is 0 Å². The number of anilines is 1. The van der Waals surface area contributed by atoms with Gasteiger partial charge in [0.05, 0.1) is 6.54 Å². The lowest BCUT2D eigenvalue weighted by molar-refractivity contribution is 0.438. The van der Waals surface area contributed by atoms with Crippen molar-refractivity contribution in [1.29, 1.82) is 0 Å². The second-order valence-electron chi connectivity index (χ2n) is 7.75. The topological polar surface area (TPSA) is 70.4 Å². The van der Waals surface area contributed by atoms with Gasteiger partial charge in [-0.05, 0) is 43.4 Å². The van der Waals surface area contributed by atoms with Crippen LogP contribution in [0.1, 0.15) is 45.0 Å². The maximum Gasteiger partial charge on any atom is 0.191 e. The molecule has 2 N–H and O–H groups in total. The lowest BCUT2D eigenvalue weighted by Gasteiger charge is -2.32. The number of benzene rings is 1. The molecule has 0 atom stereocenters. The van der Waals surface area contributed by atoms with Gasteiger partial charge in [-0.3, -0.25) is 0 Å². The largest absolute Gasteiger partial charge is 0.372 e. The maximum absolute atomic E-state index is 4.74. The van der Waals surface area contributed by atoms with Gasteiger partial charge in [-0.1, -0.05) is 26.0 Å². The van der Waals surface area contributed by atoms with Crippen molar-refractivity contribution in [2.24, 2.45) is 10.9 Å². The van der Waals surface area contributed by atoms with Crippen molar-refractivity contribution in [1.82, 2.24) is 25.4 Å². The van der Waals surface area contributed by atoms with Crippen LogP contribution in [0.3, 0.4) is 0 Å². The van der Waals surface area contributed by atoms with E-state index >= 15 is 0 Å². The highest BCUT2D eigenvalue weighted by Gasteiger charge is 2.15. The highest BCUT2D eigenvalue weighted by molar-refractivity contribution is 14.0. The molecule has 1 fully saturated rings. The van der Waals surface area contributed by atoms with Crippen molar-refractivity contribution in [3.8, 4) is 0 Å². The first-order valence-electron chi connectivity index (χ1n) is 10.9. The Bertz CT molecular complexity index is 764. The number of hydrogen-bond acceptors (Lipinski definition) is 4. The van der Waals surface area contributed by atoms with Crippen molar-refractivity contribution in [2.45, 2.75) is 53.1 Å². The van der Waals surface area contributed by atoms with Gasteiger partial charge in [0.15, 0.2) is 5.96 Å². The van der Waals surface area contributed by atoms with Gasteiger partial charge in [0.1, 0.15) is 12.2 Å². The van der Waals surface area contributed by atoms with E-state index in [4.69, 9.17) is 4.99 Å². The van der Waals surface area contributed by atoms with Gasteiger partial charge >= 0.3 is 0 Å². The predicted octanol–water partition coefficient (Wildman–Crippen LogP) is 3.45. The molecule has 0 spiro atoms. The van der Waals surface area contributed by atoms with E-state index in [1.807, 2.05) is 0 Å². The number of piperidine rings is 1. The molecule has 7 nitrogen and oxygen atoms in total. The molecule has 0 unspecified atom stereocenters. The first-order chi connectivity index (χ1) is 14.2. The minimum atomic E-state index is 0. The standard InChI is InChI=1S/C22H35N7.HI/c1-4-21-27-26-17-29(21)15-12-24-22(23-5-2)25-16-19-6-8-20(9-7-19)28-13-10-18(3)11-14-28;/h6-9,17-18H,4-5,10-16H2,1-3H3,(H2,23,24,25);1H. The molecule has 1 aliphatic rings. The second kappa shape index (κ2) is 12.8. The van der Waals surface area contributed by atoms with Crippen LogP contribution in [0.4, 0.5) is 5.69 Å². The quantitative estimate of drug-likeness (QED) is 0.314. The molecule has 8 heteroatoms. The van der Waals surface area contributed by atoms with Gasteiger partial charge in [0.2, 0.25) is 0 Å². The summed E-state index contributed by atoms with van der Waals surface area (Å²) in [6.45, 7) is 12.0. The Kier molecular flexibility index (Phi) is 10.4. The number of halogens is 1. The Labute approximate surface area is 197 Å². The Balaban J connectivity index is 0.00000320. The van der Waals surface area contributed by atoms with Crippen LogP contribution in [-0.2, 0) is 19.5 Å². The van der Waals surface area contributed by atoms with E-state index in [9.17, 15) is 0 Å². The van der Waals surface area contributed by atoms with Crippen molar-refractivity contribution in [3.63, 3.8) is 0 Å². The smallest absolute Gasteiger partial charge is 0.191 e. The van der Waals surface area contributed by atoms with Crippen LogP contribution in [0, 0.1) is 5.92 Å². The molecular formula is C22H36IN7. The molecular weight excluding hydrogens is 489 g/mol. The lowest BCUT2D eigenvalue weighted by atomic mass is 9.99. The fourth-order valence-electron chi connectivity index (χ4n) is 3.63. The van der Waals surface area contributed by atoms with Gasteiger partial charge in [-0.25, -0.2) is 4.99 Å². The summed E-state index contributed by atoms with van der Waals surface area (Å²) in [6.07, 6.45) is 5.26. The zero-order chi connectivity index (χ0) is 20.5. The second-order valence-corrected chi connectivity index (χ2v) is 7.75. The van der Waals surface area contributed by atoms with Crippen LogP contribution >= 0.6 is 24.0 Å². The number of guanidine groups is 1. The van der Waals surface area contributed by atoms with Gasteiger partial charge in [0, 0.05) is 44.8 Å². The minimum Gasteiger partial charge on any atom is -0.372 e. The summed E-state index contributed by atoms with van der Waals surface area (Å²) in [5.41, 5.74) is 2.55. The zero-order valence-electron chi connectivity index (χ0n) is 18.5. The molecule has 0 radical (unpaired) electrons. The SMILES string of the molecule is CCNC(=NCc1ccc(N2CCC(C)CC2)cc1)NCCn1cnnc1CC.I. The molecule has 0 amide bonds. The van der Waals surface area contributed by atoms with Crippen LogP contribution in [0.25, 0.3) is 0 Å². The molecule has 166 valence electrons. The van der Waals surface area contributed by atoms with E-state index < -0.39 is 0 Å². The Morgan fingerprint density at radius 1 is 1.13 bits per heavy atom. The van der Waals surface area contributed by atoms with Crippen molar-refractivity contribution >= 4 is 35.6 Å². The third kappa shape index (κ3) is 7.14. The summed E-state index contributed by atoms with van der Waals surface area (Å²) in [6, 6.07) is 8.87. The van der Waals surface area contributed by atoms with E-state index in [1.54, 1.807) is 6.33 Å². The molecule has 0 bridgehead atoms. The first-order valence-corrected chi connectivity index (χ1v) is 10.9. The van der Waals surface area contributed by atoms with Crippen molar-refractivity contribution in [3.05, 3.63) is 42.0 Å². The molecule has 0 saturated carbocycles. The van der Waals surface area contributed by atoms with Crippen LogP contribution in [-0.4, -0.2) is 46.9 Å². The fourth-order valence-corrected chi connectivity index (χ4v) is 3.63. The third-order valence-corrected chi connectivity index (χ3v) is 5.51. The lowest BCUT2D eigenvalue weighted by Crippen LogP contribution is -2.38. The molecule has 1 saturated heterocycles. The highest BCUT2D eigenvalue weighted by atomic mass is 127. The first kappa shape index (κ1) is 24.4. The summed E-state index contributed by atoms with van der Waals surface area (Å²) < 4.78 is 2.08. The van der Waals surface area contributed by atoms with E-state index in [0.717, 1.165) is 43.8 Å². The Morgan fingerprint density at radius 3 is 2.53 bits per heavy atom. The minimum absolute atomic E-state index is 0. The average Bonchev–Trinajstić information content (AvgIpc) is 3.20. The van der Waals surface area contributed by atoms with Gasteiger partial charge in [-0.2, -0.15) is 0 Å². The monoisotopic (exact) mass is 525 g/mol. The van der Waals surface area contributed by atoms with Gasteiger partial charge in [0.25, 0.3) is 0 Å². The Morgan fingerprint density at radius 2 is 1.87 bits per heavy atom. The molecule has 0 aliphatic carbocycles. The third-order valence-electron chi connectivity index (χ3n) is 5.51. The normalized spacial score (nSPS) is 15.0. The van der Waals surface area contributed by atoms with Gasteiger partial charge in [-0.15, -0.1) is 34.2 Å². The van der Waals surface area contributed by atoms with E-state index in [-0.39, 0.29) is 24.0 Å². The summed E-state index contributed by atoms with van der Waals surface area (Å²) in [7, 11) is 0. The molecule has 1 aliphatic heterocycles. The molecule has 2 heterocycles. The number of aliphatic imine (C=N–C) groups is 1. The highest BCUT2D eigenvalue weighted by Crippen LogP contribution is 2.23. The number of rotatable bonds is 8. The summed E-state index contributed by atoms with van der Waals surface area (Å²) >= 11 is 0. The van der Waals surface area contributed by atoms with E-state index in [1.165, 1.54) is 37.2 Å². The van der Waals surface area contributed by atoms with Crippen molar-refractivity contribution in [2.75, 3.05) is 31.1 Å². The van der Waals surface area contributed by atoms with Crippen LogP contribution < -0.4 is 15.5 Å². The number of aryl methyl sites for hydroxylation is 1. The molecule has 2 aromatic rings. The van der Waals surface area contributed by atoms with Crippen LogP contribution in [0.2, 0.25) is 0 Å². The summed E-state index contributed by atoms with van der Waals surface area (Å²) in [5, 5.41) is 14.8. The number of hydrogen-bond donors (Lipinski definition) is 2. The predicted molar refractivity (Wildman–Crippen MR) is 135 cm³/mol. The summed E-state index contributed by atoms with van der Waals surface area (Å²) in [4.78, 5) is 7.23. The summed E-state index contributed by atoms with van der Waals surface area (Å²) in [5.74, 6) is 2.71. The van der Waals surface area contributed by atoms with E-state index in [2.05, 4.69) is 75.3 Å². The van der Waals surface area contributed by atoms with Crippen LogP contribution in [0.15, 0.2) is 35.6 Å². The molecule has 1 aromatic carbocycles. The molecule has 1 aromatic heterocycles. The number of nitrogens with zero attached hydrogens (tertiary/aromatic N) is 5. The maximum atomic E-state index is 4.74. The Hall–Kier alpha value is -1.84. The fraction of sp³-hybridized carbons (Fsp3) is 0.591. The van der Waals surface area contributed by atoms with Crippen molar-refractivity contribution < 1.29 is 0 Å². The number of aromatic nitrogens is 3. The number of nitrogens with one attached hydrogen (secondary N) is 2. The molecule has 3 rings (SSSR count). The molecule has 30 heavy (non-hydrogen) atoms.